The van der Waals surface area contributed by atoms with Crippen molar-refractivity contribution in [1.82, 2.24) is 10.2 Å². The third kappa shape index (κ3) is 3.64. The number of halogens is 2. The van der Waals surface area contributed by atoms with Crippen LogP contribution in [0.5, 0.6) is 0 Å². The summed E-state index contributed by atoms with van der Waals surface area (Å²) in [6.45, 7) is 2.75. The lowest BCUT2D eigenvalue weighted by molar-refractivity contribution is 0.0934. The fourth-order valence-electron chi connectivity index (χ4n) is 4.00. The molecule has 5 rings (SSSR count). The van der Waals surface area contributed by atoms with Gasteiger partial charge in [0.15, 0.2) is 0 Å². The van der Waals surface area contributed by atoms with Crippen molar-refractivity contribution in [3.63, 3.8) is 0 Å². The van der Waals surface area contributed by atoms with E-state index in [1.165, 1.54) is 16.0 Å². The zero-order valence-electron chi connectivity index (χ0n) is 15.5. The van der Waals surface area contributed by atoms with Crippen LogP contribution in [0, 0.1) is 0 Å². The van der Waals surface area contributed by atoms with Gasteiger partial charge in [0.1, 0.15) is 11.2 Å². The molecule has 2 aliphatic rings. The summed E-state index contributed by atoms with van der Waals surface area (Å²) in [5, 5.41) is 8.47. The van der Waals surface area contributed by atoms with Gasteiger partial charge in [0.2, 0.25) is 0 Å². The smallest absolute Gasteiger partial charge is 0.256 e. The second kappa shape index (κ2) is 7.65. The Morgan fingerprint density at radius 1 is 1.07 bits per heavy atom. The maximum Gasteiger partial charge on any atom is 0.256 e. The van der Waals surface area contributed by atoms with E-state index < -0.39 is 0 Å². The van der Waals surface area contributed by atoms with Gasteiger partial charge in [-0.25, -0.2) is 0 Å². The lowest BCUT2D eigenvalue weighted by Crippen LogP contribution is -2.38. The van der Waals surface area contributed by atoms with Crippen LogP contribution in [0.25, 0.3) is 0 Å². The molecule has 0 saturated carbocycles. The first-order valence-electron chi connectivity index (χ1n) is 9.51. The van der Waals surface area contributed by atoms with Crippen LogP contribution in [0.4, 0.5) is 5.00 Å². The molecule has 4 nitrogen and oxygen atoms in total. The summed E-state index contributed by atoms with van der Waals surface area (Å²) in [6, 6.07) is 15.9. The van der Waals surface area contributed by atoms with E-state index in [0.717, 1.165) is 42.2 Å². The molecule has 0 saturated heterocycles. The van der Waals surface area contributed by atoms with Crippen LogP contribution < -0.4 is 10.6 Å². The standard InChI is InChI=1S/C22H19Cl2N3OS/c23-16-7-6-14(10-17(16)24)20-25-21(28)19-15-8-9-27(11-13-4-2-1-3-5-13)12-18(15)29-22(19)26-20/h1-7,10,20,26H,8-9,11-12H2,(H,25,28). The second-order valence-electron chi connectivity index (χ2n) is 7.38. The molecule has 2 N–H and O–H groups in total. The molecule has 1 aromatic heterocycles. The molecule has 29 heavy (non-hydrogen) atoms. The van der Waals surface area contributed by atoms with E-state index in [0.29, 0.717) is 10.0 Å². The summed E-state index contributed by atoms with van der Waals surface area (Å²) in [7, 11) is 0. The van der Waals surface area contributed by atoms with Gasteiger partial charge in [-0.1, -0.05) is 59.6 Å². The number of nitrogens with zero attached hydrogens (tertiary/aromatic N) is 1. The highest BCUT2D eigenvalue weighted by Gasteiger charge is 2.33. The average Bonchev–Trinajstić information content (AvgIpc) is 3.09. The van der Waals surface area contributed by atoms with E-state index >= 15 is 0 Å². The Bertz CT molecular complexity index is 1080. The number of fused-ring (bicyclic) bond motifs is 3. The van der Waals surface area contributed by atoms with Gasteiger partial charge in [-0.15, -0.1) is 11.3 Å². The number of nitrogens with one attached hydrogen (secondary N) is 2. The Morgan fingerprint density at radius 3 is 2.69 bits per heavy atom. The fraction of sp³-hybridized carbons (Fsp3) is 0.227. The molecule has 0 fully saturated rings. The van der Waals surface area contributed by atoms with Gasteiger partial charge >= 0.3 is 0 Å². The van der Waals surface area contributed by atoms with Crippen LogP contribution in [0.15, 0.2) is 48.5 Å². The Labute approximate surface area is 183 Å². The highest BCUT2D eigenvalue weighted by atomic mass is 35.5. The Kier molecular flexibility index (Phi) is 5.00. The number of anilines is 1. The summed E-state index contributed by atoms with van der Waals surface area (Å²) in [5.41, 5.74) is 4.19. The molecule has 1 atom stereocenters. The molecule has 148 valence electrons. The van der Waals surface area contributed by atoms with Crippen LogP contribution >= 0.6 is 34.5 Å². The van der Waals surface area contributed by atoms with Crippen molar-refractivity contribution in [3.05, 3.63) is 85.7 Å². The Morgan fingerprint density at radius 2 is 1.90 bits per heavy atom. The predicted molar refractivity (Wildman–Crippen MR) is 119 cm³/mol. The number of hydrogen-bond acceptors (Lipinski definition) is 4. The SMILES string of the molecule is O=C1NC(c2ccc(Cl)c(Cl)c2)Nc2sc3c(c21)CCN(Cc1ccccc1)C3. The van der Waals surface area contributed by atoms with E-state index in [1.54, 1.807) is 23.5 Å². The van der Waals surface area contributed by atoms with Gasteiger partial charge < -0.3 is 10.6 Å². The van der Waals surface area contributed by atoms with E-state index in [9.17, 15) is 4.79 Å². The van der Waals surface area contributed by atoms with E-state index in [1.807, 2.05) is 12.1 Å². The quantitative estimate of drug-likeness (QED) is 0.563. The van der Waals surface area contributed by atoms with Crippen molar-refractivity contribution < 1.29 is 4.79 Å². The van der Waals surface area contributed by atoms with E-state index in [4.69, 9.17) is 23.2 Å². The summed E-state index contributed by atoms with van der Waals surface area (Å²) in [6.07, 6.45) is 0.575. The van der Waals surface area contributed by atoms with Crippen molar-refractivity contribution in [2.24, 2.45) is 0 Å². The molecule has 3 aromatic rings. The van der Waals surface area contributed by atoms with E-state index in [2.05, 4.69) is 39.8 Å². The number of hydrogen-bond donors (Lipinski definition) is 2. The molecule has 3 heterocycles. The van der Waals surface area contributed by atoms with Gasteiger partial charge in [-0.3, -0.25) is 9.69 Å². The maximum atomic E-state index is 12.9. The van der Waals surface area contributed by atoms with Crippen molar-refractivity contribution in [3.8, 4) is 0 Å². The molecule has 0 bridgehead atoms. The molecule has 0 spiro atoms. The van der Waals surface area contributed by atoms with Crippen molar-refractivity contribution in [1.29, 1.82) is 0 Å². The molecule has 1 unspecified atom stereocenters. The summed E-state index contributed by atoms with van der Waals surface area (Å²) < 4.78 is 0. The zero-order valence-corrected chi connectivity index (χ0v) is 17.9. The van der Waals surface area contributed by atoms with Gasteiger partial charge in [-0.05, 0) is 35.2 Å². The van der Waals surface area contributed by atoms with Crippen LogP contribution in [-0.2, 0) is 19.5 Å². The minimum Gasteiger partial charge on any atom is -0.353 e. The van der Waals surface area contributed by atoms with Gasteiger partial charge in [0, 0.05) is 24.5 Å². The van der Waals surface area contributed by atoms with E-state index in [-0.39, 0.29) is 12.1 Å². The van der Waals surface area contributed by atoms with Crippen molar-refractivity contribution in [2.75, 3.05) is 11.9 Å². The van der Waals surface area contributed by atoms with Crippen molar-refractivity contribution >= 4 is 45.4 Å². The topological polar surface area (TPSA) is 44.4 Å². The van der Waals surface area contributed by atoms with Crippen molar-refractivity contribution in [2.45, 2.75) is 25.7 Å². The third-order valence-electron chi connectivity index (χ3n) is 5.44. The molecule has 0 radical (unpaired) electrons. The molecule has 7 heteroatoms. The molecular formula is C22H19Cl2N3OS. The highest BCUT2D eigenvalue weighted by molar-refractivity contribution is 7.16. The first kappa shape index (κ1) is 18.9. The number of benzene rings is 2. The number of thiophene rings is 1. The van der Waals surface area contributed by atoms with Crippen LogP contribution in [0.2, 0.25) is 10.0 Å². The fourth-order valence-corrected chi connectivity index (χ4v) is 5.63. The van der Waals surface area contributed by atoms with Gasteiger partial charge in [0.25, 0.3) is 5.91 Å². The predicted octanol–water partition coefficient (Wildman–Crippen LogP) is 5.47. The molecule has 2 aliphatic heterocycles. The summed E-state index contributed by atoms with van der Waals surface area (Å²) in [4.78, 5) is 16.6. The number of amides is 1. The minimum absolute atomic E-state index is 0.0242. The maximum absolute atomic E-state index is 12.9. The molecular weight excluding hydrogens is 425 g/mol. The second-order valence-corrected chi connectivity index (χ2v) is 9.30. The normalized spacial score (nSPS) is 18.6. The summed E-state index contributed by atoms with van der Waals surface area (Å²) >= 11 is 13.9. The largest absolute Gasteiger partial charge is 0.353 e. The first-order chi connectivity index (χ1) is 14.1. The third-order valence-corrected chi connectivity index (χ3v) is 7.33. The number of carbonyl (C=O) groups is 1. The first-order valence-corrected chi connectivity index (χ1v) is 11.1. The Balaban J connectivity index is 1.38. The summed E-state index contributed by atoms with van der Waals surface area (Å²) in [5.74, 6) is -0.0242. The zero-order chi connectivity index (χ0) is 20.0. The highest BCUT2D eigenvalue weighted by Crippen LogP contribution is 2.41. The van der Waals surface area contributed by atoms with Crippen LogP contribution in [0.1, 0.15) is 38.1 Å². The molecule has 1 amide bonds. The minimum atomic E-state index is -0.315. The van der Waals surface area contributed by atoms with Gasteiger partial charge in [-0.2, -0.15) is 0 Å². The number of carbonyl (C=O) groups excluding carboxylic acids is 1. The molecule has 0 aliphatic carbocycles. The van der Waals surface area contributed by atoms with Crippen LogP contribution in [-0.4, -0.2) is 17.4 Å². The lowest BCUT2D eigenvalue weighted by atomic mass is 10.00. The van der Waals surface area contributed by atoms with Crippen LogP contribution in [0.3, 0.4) is 0 Å². The average molecular weight is 444 g/mol. The lowest BCUT2D eigenvalue weighted by Gasteiger charge is -2.28. The van der Waals surface area contributed by atoms with Gasteiger partial charge in [0.05, 0.1) is 15.6 Å². The number of rotatable bonds is 3. The monoisotopic (exact) mass is 443 g/mol. The molecule has 2 aromatic carbocycles. The Hall–Kier alpha value is -2.05.